The van der Waals surface area contributed by atoms with Gasteiger partial charge >= 0.3 is 0 Å². The van der Waals surface area contributed by atoms with Crippen LogP contribution in [0.2, 0.25) is 5.02 Å². The lowest BCUT2D eigenvalue weighted by Crippen LogP contribution is -2.20. The summed E-state index contributed by atoms with van der Waals surface area (Å²) >= 11 is 9.25. The number of ether oxygens (including phenoxy) is 1. The molecule has 9 heteroatoms. The maximum atomic E-state index is 12.2. The van der Waals surface area contributed by atoms with Gasteiger partial charge in [0.2, 0.25) is 0 Å². The molecule has 7 nitrogen and oxygen atoms in total. The van der Waals surface area contributed by atoms with Crippen LogP contribution in [-0.2, 0) is 4.79 Å². The highest BCUT2D eigenvalue weighted by atomic mass is 79.9. The van der Waals surface area contributed by atoms with Crippen molar-refractivity contribution in [2.75, 3.05) is 11.9 Å². The van der Waals surface area contributed by atoms with E-state index < -0.39 is 0 Å². The Bertz CT molecular complexity index is 989. The fourth-order valence-electron chi connectivity index (χ4n) is 2.62. The Kier molecular flexibility index (Phi) is 5.09. The maximum Gasteiger partial charge on any atom is 0.262 e. The van der Waals surface area contributed by atoms with Gasteiger partial charge < -0.3 is 10.1 Å². The SMILES string of the molecule is O=C(COc1ccc(Cl)cc1Br)Nc1cccc(-c2nnnn2C2CC2)c1. The second kappa shape index (κ2) is 7.66. The molecule has 2 aromatic carbocycles. The number of tetrazole rings is 1. The molecule has 1 amide bonds. The van der Waals surface area contributed by atoms with Crippen LogP contribution in [0.25, 0.3) is 11.4 Å². The smallest absolute Gasteiger partial charge is 0.262 e. The van der Waals surface area contributed by atoms with E-state index in [9.17, 15) is 4.79 Å². The highest BCUT2D eigenvalue weighted by molar-refractivity contribution is 9.10. The predicted octanol–water partition coefficient (Wildman–Crippen LogP) is 4.11. The third kappa shape index (κ3) is 4.28. The summed E-state index contributed by atoms with van der Waals surface area (Å²) in [4.78, 5) is 12.2. The summed E-state index contributed by atoms with van der Waals surface area (Å²) in [6, 6.07) is 12.9. The van der Waals surface area contributed by atoms with E-state index in [1.54, 1.807) is 18.2 Å². The van der Waals surface area contributed by atoms with E-state index >= 15 is 0 Å². The minimum Gasteiger partial charge on any atom is -0.483 e. The standard InChI is InChI=1S/C18H15BrClN5O2/c19-15-9-12(20)4-7-16(15)27-10-17(26)21-13-3-1-2-11(8-13)18-22-23-24-25(18)14-5-6-14/h1-4,7-9,14H,5-6,10H2,(H,21,26). The van der Waals surface area contributed by atoms with Gasteiger partial charge in [-0.3, -0.25) is 4.79 Å². The van der Waals surface area contributed by atoms with Crippen LogP contribution in [0.1, 0.15) is 18.9 Å². The number of carbonyl (C=O) groups excluding carboxylic acids is 1. The molecule has 0 spiro atoms. The van der Waals surface area contributed by atoms with Crippen molar-refractivity contribution in [1.82, 2.24) is 20.2 Å². The van der Waals surface area contributed by atoms with Crippen LogP contribution < -0.4 is 10.1 Å². The van der Waals surface area contributed by atoms with E-state index in [2.05, 4.69) is 36.8 Å². The van der Waals surface area contributed by atoms with Crippen LogP contribution in [0.15, 0.2) is 46.9 Å². The van der Waals surface area contributed by atoms with Gasteiger partial charge in [0.05, 0.1) is 10.5 Å². The zero-order valence-corrected chi connectivity index (χ0v) is 16.4. The first-order chi connectivity index (χ1) is 13.1. The van der Waals surface area contributed by atoms with Gasteiger partial charge in [-0.25, -0.2) is 4.68 Å². The molecule has 0 bridgehead atoms. The van der Waals surface area contributed by atoms with Gasteiger partial charge in [-0.2, -0.15) is 0 Å². The predicted molar refractivity (Wildman–Crippen MR) is 105 cm³/mol. The fraction of sp³-hybridized carbons (Fsp3) is 0.222. The summed E-state index contributed by atoms with van der Waals surface area (Å²) in [6.07, 6.45) is 2.18. The number of rotatable bonds is 6. The second-order valence-electron chi connectivity index (χ2n) is 6.17. The van der Waals surface area contributed by atoms with Gasteiger partial charge in [0.15, 0.2) is 12.4 Å². The van der Waals surface area contributed by atoms with Gasteiger partial charge in [-0.05, 0) is 69.5 Å². The number of nitrogens with one attached hydrogen (secondary N) is 1. The summed E-state index contributed by atoms with van der Waals surface area (Å²) in [7, 11) is 0. The third-order valence-electron chi connectivity index (χ3n) is 4.04. The fourth-order valence-corrected chi connectivity index (χ4v) is 3.41. The summed E-state index contributed by atoms with van der Waals surface area (Å²) in [5, 5.41) is 15.3. The molecule has 27 heavy (non-hydrogen) atoms. The minimum absolute atomic E-state index is 0.121. The summed E-state index contributed by atoms with van der Waals surface area (Å²) < 4.78 is 8.06. The summed E-state index contributed by atoms with van der Waals surface area (Å²) in [6.45, 7) is -0.121. The molecule has 3 aromatic rings. The second-order valence-corrected chi connectivity index (χ2v) is 7.46. The molecule has 0 atom stereocenters. The van der Waals surface area contributed by atoms with Crippen LogP contribution in [0.5, 0.6) is 5.75 Å². The Labute approximate surface area is 168 Å². The lowest BCUT2D eigenvalue weighted by molar-refractivity contribution is -0.118. The van der Waals surface area contributed by atoms with Crippen molar-refractivity contribution in [2.45, 2.75) is 18.9 Å². The molecule has 1 saturated carbocycles. The Hall–Kier alpha value is -2.45. The van der Waals surface area contributed by atoms with Crippen molar-refractivity contribution in [3.05, 3.63) is 52.0 Å². The molecule has 1 aliphatic rings. The monoisotopic (exact) mass is 447 g/mol. The van der Waals surface area contributed by atoms with E-state index in [0.717, 1.165) is 18.4 Å². The van der Waals surface area contributed by atoms with Crippen LogP contribution in [0.3, 0.4) is 0 Å². The number of nitrogens with zero attached hydrogens (tertiary/aromatic N) is 4. The minimum atomic E-state index is -0.268. The molecule has 0 aliphatic heterocycles. The van der Waals surface area contributed by atoms with Crippen LogP contribution in [0, 0.1) is 0 Å². The van der Waals surface area contributed by atoms with Gasteiger partial charge in [0, 0.05) is 16.3 Å². The average Bonchev–Trinajstić information content (AvgIpc) is 3.37. The van der Waals surface area contributed by atoms with Crippen LogP contribution >= 0.6 is 27.5 Å². The van der Waals surface area contributed by atoms with Gasteiger partial charge in [-0.1, -0.05) is 23.7 Å². The third-order valence-corrected chi connectivity index (χ3v) is 4.90. The Morgan fingerprint density at radius 1 is 1.30 bits per heavy atom. The number of anilines is 1. The first-order valence-electron chi connectivity index (χ1n) is 8.36. The van der Waals surface area contributed by atoms with E-state index in [1.165, 1.54) is 0 Å². The molecular formula is C18H15BrClN5O2. The lowest BCUT2D eigenvalue weighted by atomic mass is 10.2. The number of amides is 1. The van der Waals surface area contributed by atoms with Crippen molar-refractivity contribution in [2.24, 2.45) is 0 Å². The number of aromatic nitrogens is 4. The normalized spacial score (nSPS) is 13.4. The molecule has 1 aliphatic carbocycles. The molecule has 1 aromatic heterocycles. The molecule has 0 radical (unpaired) electrons. The van der Waals surface area contributed by atoms with E-state index in [0.29, 0.717) is 32.8 Å². The molecule has 138 valence electrons. The van der Waals surface area contributed by atoms with Crippen LogP contribution in [-0.4, -0.2) is 32.7 Å². The first kappa shape index (κ1) is 17.9. The van der Waals surface area contributed by atoms with Crippen molar-refractivity contribution in [3.63, 3.8) is 0 Å². The van der Waals surface area contributed by atoms with E-state index in [-0.39, 0.29) is 12.5 Å². The zero-order chi connectivity index (χ0) is 18.8. The number of carbonyl (C=O) groups is 1. The molecule has 0 unspecified atom stereocenters. The van der Waals surface area contributed by atoms with Crippen molar-refractivity contribution in [1.29, 1.82) is 0 Å². The maximum absolute atomic E-state index is 12.2. The molecule has 0 saturated heterocycles. The van der Waals surface area contributed by atoms with Gasteiger partial charge in [-0.15, -0.1) is 5.10 Å². The van der Waals surface area contributed by atoms with E-state index in [1.807, 2.05) is 28.9 Å². The van der Waals surface area contributed by atoms with Crippen molar-refractivity contribution >= 4 is 39.1 Å². The molecule has 1 heterocycles. The lowest BCUT2D eigenvalue weighted by Gasteiger charge is -2.10. The van der Waals surface area contributed by atoms with E-state index in [4.69, 9.17) is 16.3 Å². The number of hydrogen-bond donors (Lipinski definition) is 1. The Balaban J connectivity index is 1.42. The Morgan fingerprint density at radius 3 is 2.93 bits per heavy atom. The molecule has 1 N–H and O–H groups in total. The topological polar surface area (TPSA) is 81.9 Å². The highest BCUT2D eigenvalue weighted by Gasteiger charge is 2.28. The molecular weight excluding hydrogens is 434 g/mol. The number of halogens is 2. The Morgan fingerprint density at radius 2 is 2.15 bits per heavy atom. The molecule has 1 fully saturated rings. The average molecular weight is 449 g/mol. The molecule has 4 rings (SSSR count). The van der Waals surface area contributed by atoms with Gasteiger partial charge in [0.1, 0.15) is 5.75 Å². The highest BCUT2D eigenvalue weighted by Crippen LogP contribution is 2.36. The quantitative estimate of drug-likeness (QED) is 0.614. The first-order valence-corrected chi connectivity index (χ1v) is 9.53. The summed E-state index contributed by atoms with van der Waals surface area (Å²) in [5.41, 5.74) is 1.51. The van der Waals surface area contributed by atoms with Crippen LogP contribution in [0.4, 0.5) is 5.69 Å². The summed E-state index contributed by atoms with van der Waals surface area (Å²) in [5.74, 6) is 0.984. The zero-order valence-electron chi connectivity index (χ0n) is 14.1. The van der Waals surface area contributed by atoms with Gasteiger partial charge in [0.25, 0.3) is 5.91 Å². The van der Waals surface area contributed by atoms with Crippen molar-refractivity contribution in [3.8, 4) is 17.1 Å². The van der Waals surface area contributed by atoms with Crippen molar-refractivity contribution < 1.29 is 9.53 Å². The number of benzene rings is 2. The number of hydrogen-bond acceptors (Lipinski definition) is 5. The largest absolute Gasteiger partial charge is 0.483 e.